The molecule has 0 unspecified atom stereocenters. The third-order valence-electron chi connectivity index (χ3n) is 5.66. The largest absolute Gasteiger partial charge is 0.361 e. The van der Waals surface area contributed by atoms with Crippen LogP contribution in [0.5, 0.6) is 0 Å². The van der Waals surface area contributed by atoms with Crippen LogP contribution in [0.3, 0.4) is 0 Å². The molecule has 6 nitrogen and oxygen atoms in total. The van der Waals surface area contributed by atoms with E-state index in [0.29, 0.717) is 0 Å². The molecule has 5 rings (SSSR count). The third-order valence-corrected chi connectivity index (χ3v) is 5.66. The molecule has 1 N–H and O–H groups in total. The molecule has 1 amide bonds. The number of hydrogen-bond acceptors (Lipinski definition) is 4. The van der Waals surface area contributed by atoms with Gasteiger partial charge >= 0.3 is 0 Å². The van der Waals surface area contributed by atoms with Gasteiger partial charge in [0.05, 0.1) is 11.7 Å². The van der Waals surface area contributed by atoms with Gasteiger partial charge in [-0.25, -0.2) is 0 Å². The molecule has 1 saturated heterocycles. The number of aromatic nitrogens is 3. The maximum atomic E-state index is 12.8. The van der Waals surface area contributed by atoms with Gasteiger partial charge in [0.1, 0.15) is 0 Å². The molecule has 3 aromatic rings. The Balaban J connectivity index is 1.27. The van der Waals surface area contributed by atoms with Crippen LogP contribution in [0.25, 0.3) is 10.9 Å². The normalized spacial score (nSPS) is 16.6. The minimum atomic E-state index is 0.0613. The van der Waals surface area contributed by atoms with Gasteiger partial charge in [-0.15, -0.1) is 5.10 Å². The minimum absolute atomic E-state index is 0.0613. The number of anilines is 1. The number of nitrogens with zero attached hydrogens (tertiary/aromatic N) is 4. The predicted octanol–water partition coefficient (Wildman–Crippen LogP) is 2.41. The summed E-state index contributed by atoms with van der Waals surface area (Å²) in [5.74, 6) is 1.00. The highest BCUT2D eigenvalue weighted by Crippen LogP contribution is 2.27. The van der Waals surface area contributed by atoms with E-state index in [2.05, 4.69) is 26.1 Å². The molecule has 0 bridgehead atoms. The summed E-state index contributed by atoms with van der Waals surface area (Å²) in [5, 5.41) is 9.85. The second-order valence-electron chi connectivity index (χ2n) is 7.28. The van der Waals surface area contributed by atoms with Crippen LogP contribution < -0.4 is 4.90 Å². The highest BCUT2D eigenvalue weighted by atomic mass is 16.2. The van der Waals surface area contributed by atoms with Crippen molar-refractivity contribution in [3.63, 3.8) is 0 Å². The first-order chi connectivity index (χ1) is 12.7. The number of rotatable bonds is 3. The van der Waals surface area contributed by atoms with Crippen LogP contribution in [0.4, 0.5) is 5.82 Å². The van der Waals surface area contributed by atoms with Gasteiger partial charge in [0.25, 0.3) is 5.91 Å². The number of amides is 1. The average molecular weight is 347 g/mol. The van der Waals surface area contributed by atoms with Crippen molar-refractivity contribution in [1.82, 2.24) is 20.1 Å². The van der Waals surface area contributed by atoms with Gasteiger partial charge in [-0.05, 0) is 54.5 Å². The zero-order chi connectivity index (χ0) is 17.7. The number of carbonyl (C=O) groups is 1. The van der Waals surface area contributed by atoms with Crippen molar-refractivity contribution in [2.24, 2.45) is 0 Å². The first kappa shape index (κ1) is 15.4. The van der Waals surface area contributed by atoms with E-state index in [0.717, 1.165) is 53.9 Å². The molecule has 3 heterocycles. The molecule has 1 aromatic carbocycles. The van der Waals surface area contributed by atoms with E-state index < -0.39 is 0 Å². The fourth-order valence-electron chi connectivity index (χ4n) is 3.91. The molecule has 2 aromatic heterocycles. The van der Waals surface area contributed by atoms with E-state index in [4.69, 9.17) is 0 Å². The SMILES string of the molecule is CN(C(=O)c1ccc2cc[nH]c2c1)C1CN(c2cc3c(nn2)CCC3)C1. The Labute approximate surface area is 151 Å². The Hall–Kier alpha value is -2.89. The van der Waals surface area contributed by atoms with Crippen molar-refractivity contribution in [1.29, 1.82) is 0 Å². The van der Waals surface area contributed by atoms with Gasteiger partial charge in [-0.1, -0.05) is 6.07 Å². The lowest BCUT2D eigenvalue weighted by Crippen LogP contribution is -2.60. The fourth-order valence-corrected chi connectivity index (χ4v) is 3.91. The summed E-state index contributed by atoms with van der Waals surface area (Å²) in [6, 6.07) is 10.2. The highest BCUT2D eigenvalue weighted by Gasteiger charge is 2.34. The van der Waals surface area contributed by atoms with E-state index >= 15 is 0 Å². The summed E-state index contributed by atoms with van der Waals surface area (Å²) in [7, 11) is 1.89. The minimum Gasteiger partial charge on any atom is -0.361 e. The molecule has 132 valence electrons. The Morgan fingerprint density at radius 3 is 2.96 bits per heavy atom. The number of H-pyrrole nitrogens is 1. The van der Waals surface area contributed by atoms with Crippen molar-refractivity contribution < 1.29 is 4.79 Å². The van der Waals surface area contributed by atoms with Gasteiger partial charge in [0.2, 0.25) is 0 Å². The van der Waals surface area contributed by atoms with Crippen LogP contribution in [0.15, 0.2) is 36.5 Å². The Morgan fingerprint density at radius 1 is 1.19 bits per heavy atom. The lowest BCUT2D eigenvalue weighted by molar-refractivity contribution is 0.0705. The summed E-state index contributed by atoms with van der Waals surface area (Å²) >= 11 is 0. The Kier molecular flexibility index (Phi) is 3.45. The number of benzene rings is 1. The van der Waals surface area contributed by atoms with Crippen LogP contribution in [-0.2, 0) is 12.8 Å². The fraction of sp³-hybridized carbons (Fsp3) is 0.350. The number of fused-ring (bicyclic) bond motifs is 2. The van der Waals surface area contributed by atoms with E-state index in [9.17, 15) is 4.79 Å². The van der Waals surface area contributed by atoms with Crippen molar-refractivity contribution in [2.45, 2.75) is 25.3 Å². The summed E-state index contributed by atoms with van der Waals surface area (Å²) in [6.45, 7) is 1.61. The Morgan fingerprint density at radius 2 is 2.08 bits per heavy atom. The molecule has 6 heteroatoms. The molecule has 26 heavy (non-hydrogen) atoms. The lowest BCUT2D eigenvalue weighted by Gasteiger charge is -2.44. The third kappa shape index (κ3) is 2.44. The molecular formula is C20H21N5O. The molecule has 2 aliphatic rings. The highest BCUT2D eigenvalue weighted by molar-refractivity contribution is 5.98. The maximum Gasteiger partial charge on any atom is 0.254 e. The summed E-state index contributed by atoms with van der Waals surface area (Å²) in [6.07, 6.45) is 5.23. The van der Waals surface area contributed by atoms with Crippen LogP contribution in [0.2, 0.25) is 0 Å². The van der Waals surface area contributed by atoms with Gasteiger partial charge in [0.15, 0.2) is 5.82 Å². The van der Waals surface area contributed by atoms with E-state index in [-0.39, 0.29) is 11.9 Å². The van der Waals surface area contributed by atoms with Gasteiger partial charge in [0, 0.05) is 37.4 Å². The molecule has 0 spiro atoms. The Bertz CT molecular complexity index is 989. The van der Waals surface area contributed by atoms with Gasteiger partial charge in [-0.3, -0.25) is 4.79 Å². The van der Waals surface area contributed by atoms with E-state index in [1.807, 2.05) is 42.4 Å². The molecule has 1 fully saturated rings. The number of likely N-dealkylation sites (N-methyl/N-ethyl adjacent to an activating group) is 1. The first-order valence-electron chi connectivity index (χ1n) is 9.14. The van der Waals surface area contributed by atoms with Crippen LogP contribution in [-0.4, -0.2) is 52.2 Å². The number of nitrogens with one attached hydrogen (secondary N) is 1. The van der Waals surface area contributed by atoms with Crippen LogP contribution in [0, 0.1) is 0 Å². The van der Waals surface area contributed by atoms with E-state index in [1.165, 1.54) is 12.0 Å². The molecule has 1 aliphatic carbocycles. The van der Waals surface area contributed by atoms with Crippen molar-refractivity contribution in [3.8, 4) is 0 Å². The number of carbonyl (C=O) groups excluding carboxylic acids is 1. The zero-order valence-corrected chi connectivity index (χ0v) is 14.8. The number of aryl methyl sites for hydroxylation is 2. The van der Waals surface area contributed by atoms with Crippen molar-refractivity contribution in [2.75, 3.05) is 25.0 Å². The zero-order valence-electron chi connectivity index (χ0n) is 14.8. The standard InChI is InChI=1S/C20H21N5O/c1-24(20(26)15-6-5-13-7-8-21-18(13)9-15)16-11-25(12-16)19-10-14-3-2-4-17(14)22-23-19/h5-10,16,21H,2-4,11-12H2,1H3. The molecule has 0 saturated carbocycles. The van der Waals surface area contributed by atoms with Crippen molar-refractivity contribution in [3.05, 3.63) is 53.3 Å². The van der Waals surface area contributed by atoms with Crippen LogP contribution >= 0.6 is 0 Å². The second kappa shape index (κ2) is 5.83. The average Bonchev–Trinajstić information content (AvgIpc) is 3.27. The number of hydrogen-bond donors (Lipinski definition) is 1. The topological polar surface area (TPSA) is 65.1 Å². The maximum absolute atomic E-state index is 12.8. The van der Waals surface area contributed by atoms with Gasteiger partial charge < -0.3 is 14.8 Å². The quantitative estimate of drug-likeness (QED) is 0.790. The summed E-state index contributed by atoms with van der Waals surface area (Å²) < 4.78 is 0. The number of aromatic amines is 1. The lowest BCUT2D eigenvalue weighted by atomic mass is 10.1. The van der Waals surface area contributed by atoms with E-state index in [1.54, 1.807) is 0 Å². The predicted molar refractivity (Wildman–Crippen MR) is 100 cm³/mol. The van der Waals surface area contributed by atoms with Gasteiger partial charge in [-0.2, -0.15) is 5.10 Å². The summed E-state index contributed by atoms with van der Waals surface area (Å²) in [4.78, 5) is 20.0. The monoisotopic (exact) mass is 347 g/mol. The summed E-state index contributed by atoms with van der Waals surface area (Å²) in [5.41, 5.74) is 4.20. The van der Waals surface area contributed by atoms with Crippen molar-refractivity contribution >= 4 is 22.6 Å². The molecular weight excluding hydrogens is 326 g/mol. The molecule has 0 atom stereocenters. The van der Waals surface area contributed by atoms with Crippen LogP contribution in [0.1, 0.15) is 28.0 Å². The second-order valence-corrected chi connectivity index (χ2v) is 7.28. The smallest absolute Gasteiger partial charge is 0.254 e. The molecule has 0 radical (unpaired) electrons. The first-order valence-corrected chi connectivity index (χ1v) is 9.14. The molecule has 1 aliphatic heterocycles.